The van der Waals surface area contributed by atoms with Crippen molar-refractivity contribution in [3.05, 3.63) is 29.6 Å². The van der Waals surface area contributed by atoms with Crippen LogP contribution in [0.3, 0.4) is 0 Å². The van der Waals surface area contributed by atoms with E-state index in [1.54, 1.807) is 6.07 Å². The van der Waals surface area contributed by atoms with Crippen molar-refractivity contribution in [3.8, 4) is 5.75 Å². The molecule has 2 aliphatic rings. The van der Waals surface area contributed by atoms with E-state index in [1.807, 2.05) is 13.8 Å². The molecule has 126 valence electrons. The van der Waals surface area contributed by atoms with Gasteiger partial charge in [0.2, 0.25) is 5.91 Å². The van der Waals surface area contributed by atoms with Gasteiger partial charge in [-0.1, -0.05) is 0 Å². The molecule has 1 N–H and O–H groups in total. The quantitative estimate of drug-likeness (QED) is 0.923. The normalized spacial score (nSPS) is 23.7. The molecule has 1 fully saturated rings. The lowest BCUT2D eigenvalue weighted by atomic mass is 9.89. The molecule has 0 radical (unpaired) electrons. The number of carbonyl (C=O) groups excluding carboxylic acids is 1. The van der Waals surface area contributed by atoms with E-state index in [2.05, 4.69) is 10.2 Å². The van der Waals surface area contributed by atoms with E-state index >= 15 is 0 Å². The summed E-state index contributed by atoms with van der Waals surface area (Å²) < 4.78 is 24.8. The molecule has 0 spiro atoms. The molecule has 6 heteroatoms. The van der Waals surface area contributed by atoms with Crippen LogP contribution in [0.5, 0.6) is 5.75 Å². The fourth-order valence-electron chi connectivity index (χ4n) is 3.16. The zero-order valence-corrected chi connectivity index (χ0v) is 13.6. The van der Waals surface area contributed by atoms with Gasteiger partial charge in [0, 0.05) is 25.1 Å². The summed E-state index contributed by atoms with van der Waals surface area (Å²) in [7, 11) is 0. The SMILES string of the molecule is CC1(C)CC(NC(=O)CN2CCOCC2)c2cc(F)ccc2O1. The van der Waals surface area contributed by atoms with Crippen LogP contribution in [0.2, 0.25) is 0 Å². The highest BCUT2D eigenvalue weighted by Crippen LogP contribution is 2.39. The minimum Gasteiger partial charge on any atom is -0.487 e. The van der Waals surface area contributed by atoms with Gasteiger partial charge in [-0.15, -0.1) is 0 Å². The highest BCUT2D eigenvalue weighted by molar-refractivity contribution is 5.78. The Morgan fingerprint density at radius 2 is 2.13 bits per heavy atom. The molecular weight excluding hydrogens is 299 g/mol. The number of ether oxygens (including phenoxy) is 2. The van der Waals surface area contributed by atoms with E-state index in [9.17, 15) is 9.18 Å². The van der Waals surface area contributed by atoms with Gasteiger partial charge in [-0.3, -0.25) is 9.69 Å². The maximum atomic E-state index is 13.6. The van der Waals surface area contributed by atoms with Crippen molar-refractivity contribution >= 4 is 5.91 Å². The Balaban J connectivity index is 1.71. The van der Waals surface area contributed by atoms with Gasteiger partial charge in [-0.05, 0) is 32.0 Å². The maximum Gasteiger partial charge on any atom is 0.234 e. The third kappa shape index (κ3) is 4.00. The van der Waals surface area contributed by atoms with Crippen LogP contribution in [-0.2, 0) is 9.53 Å². The summed E-state index contributed by atoms with van der Waals surface area (Å²) in [5.41, 5.74) is 0.307. The van der Waals surface area contributed by atoms with Crippen LogP contribution in [0, 0.1) is 5.82 Å². The third-order valence-electron chi connectivity index (χ3n) is 4.24. The number of fused-ring (bicyclic) bond motifs is 1. The van der Waals surface area contributed by atoms with Crippen molar-refractivity contribution in [2.45, 2.75) is 31.9 Å². The molecule has 0 saturated carbocycles. The number of amides is 1. The third-order valence-corrected chi connectivity index (χ3v) is 4.24. The molecule has 2 heterocycles. The van der Waals surface area contributed by atoms with Gasteiger partial charge >= 0.3 is 0 Å². The Hall–Kier alpha value is -1.66. The van der Waals surface area contributed by atoms with Gasteiger partial charge in [0.1, 0.15) is 17.2 Å². The number of hydrogen-bond acceptors (Lipinski definition) is 4. The van der Waals surface area contributed by atoms with Gasteiger partial charge in [0.25, 0.3) is 0 Å². The second-order valence-electron chi connectivity index (χ2n) is 6.76. The average Bonchev–Trinajstić information content (AvgIpc) is 2.48. The highest BCUT2D eigenvalue weighted by Gasteiger charge is 2.35. The number of morpholine rings is 1. The van der Waals surface area contributed by atoms with E-state index in [4.69, 9.17) is 9.47 Å². The Kier molecular flexibility index (Phi) is 4.55. The van der Waals surface area contributed by atoms with Crippen LogP contribution in [-0.4, -0.2) is 49.3 Å². The summed E-state index contributed by atoms with van der Waals surface area (Å²) in [6.45, 7) is 7.12. The molecule has 1 amide bonds. The average molecular weight is 322 g/mol. The summed E-state index contributed by atoms with van der Waals surface area (Å²) in [6, 6.07) is 4.22. The Bertz CT molecular complexity index is 585. The standard InChI is InChI=1S/C17H23FN2O3/c1-17(2)10-14(13-9-12(18)3-4-15(13)23-17)19-16(21)11-20-5-7-22-8-6-20/h3-4,9,14H,5-8,10-11H2,1-2H3,(H,19,21). The molecular formula is C17H23FN2O3. The Labute approximate surface area is 135 Å². The zero-order chi connectivity index (χ0) is 16.4. The predicted octanol–water partition coefficient (Wildman–Crippen LogP) is 1.88. The number of nitrogens with zero attached hydrogens (tertiary/aromatic N) is 1. The molecule has 0 bridgehead atoms. The van der Waals surface area contributed by atoms with Gasteiger partial charge in [-0.2, -0.15) is 0 Å². The fourth-order valence-corrected chi connectivity index (χ4v) is 3.16. The van der Waals surface area contributed by atoms with Gasteiger partial charge in [0.15, 0.2) is 0 Å². The molecule has 23 heavy (non-hydrogen) atoms. The van der Waals surface area contributed by atoms with Crippen LogP contribution >= 0.6 is 0 Å². The summed E-state index contributed by atoms with van der Waals surface area (Å²) in [6.07, 6.45) is 0.609. The van der Waals surface area contributed by atoms with Gasteiger partial charge in [-0.25, -0.2) is 4.39 Å². The van der Waals surface area contributed by atoms with Crippen LogP contribution in [0.4, 0.5) is 4.39 Å². The summed E-state index contributed by atoms with van der Waals surface area (Å²) >= 11 is 0. The minimum absolute atomic E-state index is 0.0511. The Morgan fingerprint density at radius 1 is 1.39 bits per heavy atom. The summed E-state index contributed by atoms with van der Waals surface area (Å²) in [4.78, 5) is 14.4. The largest absolute Gasteiger partial charge is 0.487 e. The number of nitrogens with one attached hydrogen (secondary N) is 1. The summed E-state index contributed by atoms with van der Waals surface area (Å²) in [5, 5.41) is 3.04. The maximum absolute atomic E-state index is 13.6. The predicted molar refractivity (Wildman–Crippen MR) is 83.9 cm³/mol. The molecule has 0 aliphatic carbocycles. The van der Waals surface area contributed by atoms with E-state index in [-0.39, 0.29) is 17.8 Å². The topological polar surface area (TPSA) is 50.8 Å². The van der Waals surface area contributed by atoms with Gasteiger partial charge in [0.05, 0.1) is 25.8 Å². The van der Waals surface area contributed by atoms with Crippen molar-refractivity contribution in [1.82, 2.24) is 10.2 Å². The molecule has 0 aromatic heterocycles. The molecule has 3 rings (SSSR count). The first-order valence-electron chi connectivity index (χ1n) is 8.01. The van der Waals surface area contributed by atoms with Crippen molar-refractivity contribution in [2.24, 2.45) is 0 Å². The van der Waals surface area contributed by atoms with Crippen molar-refractivity contribution in [2.75, 3.05) is 32.8 Å². The lowest BCUT2D eigenvalue weighted by molar-refractivity contribution is -0.124. The zero-order valence-electron chi connectivity index (χ0n) is 13.6. The number of carbonyl (C=O) groups is 1. The van der Waals surface area contributed by atoms with E-state index in [0.29, 0.717) is 37.5 Å². The van der Waals surface area contributed by atoms with Crippen LogP contribution in [0.25, 0.3) is 0 Å². The van der Waals surface area contributed by atoms with Crippen LogP contribution in [0.1, 0.15) is 31.9 Å². The summed E-state index contributed by atoms with van der Waals surface area (Å²) in [5.74, 6) is 0.267. The van der Waals surface area contributed by atoms with Crippen molar-refractivity contribution in [3.63, 3.8) is 0 Å². The number of rotatable bonds is 3. The van der Waals surface area contributed by atoms with E-state index in [1.165, 1.54) is 12.1 Å². The molecule has 1 saturated heterocycles. The lowest BCUT2D eigenvalue weighted by Crippen LogP contribution is -2.46. The number of hydrogen-bond donors (Lipinski definition) is 1. The molecule has 1 aromatic carbocycles. The van der Waals surface area contributed by atoms with E-state index in [0.717, 1.165) is 13.1 Å². The molecule has 1 atom stereocenters. The molecule has 2 aliphatic heterocycles. The Morgan fingerprint density at radius 3 is 2.87 bits per heavy atom. The minimum atomic E-state index is -0.401. The lowest BCUT2D eigenvalue weighted by Gasteiger charge is -2.38. The fraction of sp³-hybridized carbons (Fsp3) is 0.588. The molecule has 1 unspecified atom stereocenters. The highest BCUT2D eigenvalue weighted by atomic mass is 19.1. The van der Waals surface area contributed by atoms with Crippen LogP contribution in [0.15, 0.2) is 18.2 Å². The molecule has 1 aromatic rings. The smallest absolute Gasteiger partial charge is 0.234 e. The van der Waals surface area contributed by atoms with E-state index < -0.39 is 5.60 Å². The second kappa shape index (κ2) is 6.45. The number of halogens is 1. The monoisotopic (exact) mass is 322 g/mol. The van der Waals surface area contributed by atoms with Crippen LogP contribution < -0.4 is 10.1 Å². The first-order valence-corrected chi connectivity index (χ1v) is 8.01. The van der Waals surface area contributed by atoms with Crippen molar-refractivity contribution < 1.29 is 18.7 Å². The van der Waals surface area contributed by atoms with Gasteiger partial charge < -0.3 is 14.8 Å². The van der Waals surface area contributed by atoms with Crippen molar-refractivity contribution in [1.29, 1.82) is 0 Å². The number of benzene rings is 1. The first kappa shape index (κ1) is 16.2. The first-order chi connectivity index (χ1) is 10.9. The molecule has 5 nitrogen and oxygen atoms in total. The second-order valence-corrected chi connectivity index (χ2v) is 6.76.